The Kier molecular flexibility index (Phi) is 3.71. The highest BCUT2D eigenvalue weighted by molar-refractivity contribution is 5.90. The molecule has 112 valence electrons. The zero-order valence-electron chi connectivity index (χ0n) is 12.5. The van der Waals surface area contributed by atoms with E-state index in [1.807, 2.05) is 16.8 Å². The summed E-state index contributed by atoms with van der Waals surface area (Å²) in [6.45, 7) is 2.94. The third-order valence-electron chi connectivity index (χ3n) is 5.35. The zero-order valence-corrected chi connectivity index (χ0v) is 12.5. The van der Waals surface area contributed by atoms with E-state index in [1.54, 1.807) is 0 Å². The lowest BCUT2D eigenvalue weighted by Crippen LogP contribution is -2.46. The van der Waals surface area contributed by atoms with Gasteiger partial charge in [-0.1, -0.05) is 0 Å². The van der Waals surface area contributed by atoms with E-state index in [2.05, 4.69) is 11.9 Å². The van der Waals surface area contributed by atoms with Gasteiger partial charge < -0.3 is 14.7 Å². The molecule has 0 saturated carbocycles. The lowest BCUT2D eigenvalue weighted by Gasteiger charge is -2.32. The van der Waals surface area contributed by atoms with Gasteiger partial charge in [0.1, 0.15) is 0 Å². The zero-order chi connectivity index (χ0) is 14.3. The van der Waals surface area contributed by atoms with Crippen molar-refractivity contribution in [3.8, 4) is 0 Å². The van der Waals surface area contributed by atoms with Crippen LogP contribution in [0.2, 0.25) is 0 Å². The summed E-state index contributed by atoms with van der Waals surface area (Å²) >= 11 is 0. The molecule has 3 fully saturated rings. The Balaban J connectivity index is 1.59. The van der Waals surface area contributed by atoms with Crippen LogP contribution in [0.15, 0.2) is 0 Å². The number of likely N-dealkylation sites (N-methyl/N-ethyl adjacent to an activating group) is 1. The smallest absolute Gasteiger partial charge is 0.320 e. The fourth-order valence-electron chi connectivity index (χ4n) is 3.86. The second-order valence-electron chi connectivity index (χ2n) is 6.71. The fraction of sp³-hybridized carbons (Fsp3) is 0.867. The molecule has 5 heteroatoms. The number of fused-ring (bicyclic) bond motifs is 2. The highest BCUT2D eigenvalue weighted by atomic mass is 16.2. The normalized spacial score (nSPS) is 32.0. The van der Waals surface area contributed by atoms with E-state index in [0.29, 0.717) is 24.2 Å². The number of rotatable bonds is 3. The van der Waals surface area contributed by atoms with E-state index in [1.165, 1.54) is 0 Å². The molecular weight excluding hydrogens is 254 g/mol. The predicted octanol–water partition coefficient (Wildman–Crippen LogP) is 1.19. The first-order valence-corrected chi connectivity index (χ1v) is 7.81. The van der Waals surface area contributed by atoms with Gasteiger partial charge in [0.25, 0.3) is 0 Å². The van der Waals surface area contributed by atoms with Gasteiger partial charge in [-0.3, -0.25) is 4.79 Å². The first-order valence-electron chi connectivity index (χ1n) is 7.81. The van der Waals surface area contributed by atoms with Crippen LogP contribution in [-0.2, 0) is 4.79 Å². The van der Waals surface area contributed by atoms with Crippen LogP contribution in [0.3, 0.4) is 0 Å². The maximum Gasteiger partial charge on any atom is 0.320 e. The molecule has 20 heavy (non-hydrogen) atoms. The second-order valence-corrected chi connectivity index (χ2v) is 6.71. The summed E-state index contributed by atoms with van der Waals surface area (Å²) in [6.07, 6.45) is 4.72. The van der Waals surface area contributed by atoms with Crippen LogP contribution in [0.1, 0.15) is 32.1 Å². The summed E-state index contributed by atoms with van der Waals surface area (Å²) < 4.78 is 0. The van der Waals surface area contributed by atoms with E-state index in [-0.39, 0.29) is 12.1 Å². The number of nitrogens with zero attached hydrogens (tertiary/aromatic N) is 3. The van der Waals surface area contributed by atoms with E-state index < -0.39 is 0 Å². The van der Waals surface area contributed by atoms with Crippen molar-refractivity contribution < 1.29 is 9.59 Å². The van der Waals surface area contributed by atoms with E-state index in [9.17, 15) is 9.59 Å². The lowest BCUT2D eigenvalue weighted by molar-refractivity contribution is -0.125. The van der Waals surface area contributed by atoms with Gasteiger partial charge in [-0.05, 0) is 51.7 Å². The molecule has 0 aromatic rings. The molecule has 3 heterocycles. The summed E-state index contributed by atoms with van der Waals surface area (Å²) in [5.41, 5.74) is 0. The molecule has 2 amide bonds. The molecule has 3 rings (SSSR count). The van der Waals surface area contributed by atoms with Gasteiger partial charge in [-0.2, -0.15) is 0 Å². The third kappa shape index (κ3) is 2.43. The highest BCUT2D eigenvalue weighted by Crippen LogP contribution is 2.31. The first kappa shape index (κ1) is 13.9. The first-order chi connectivity index (χ1) is 9.56. The molecule has 5 nitrogen and oxygen atoms in total. The van der Waals surface area contributed by atoms with Crippen LogP contribution in [-0.4, -0.2) is 72.3 Å². The number of Topliss-reactive ketones (excluding diaryl/α,β-unsaturated/α-hetero) is 1. The van der Waals surface area contributed by atoms with Crippen molar-refractivity contribution in [2.24, 2.45) is 5.92 Å². The number of carbonyl (C=O) groups excluding carboxylic acids is 2. The van der Waals surface area contributed by atoms with E-state index in [0.717, 1.165) is 45.3 Å². The van der Waals surface area contributed by atoms with E-state index in [4.69, 9.17) is 0 Å². The second kappa shape index (κ2) is 5.35. The van der Waals surface area contributed by atoms with Gasteiger partial charge >= 0.3 is 6.03 Å². The standard InChI is InChI=1S/C15H25N3O2/c1-16-7-5-11(6-8-16)9-14(19)13-4-3-12-10-18(13)15(20)17(12)2/h11-13H,3-10H2,1-2H3/t12-,13?/m1/s1. The van der Waals surface area contributed by atoms with Gasteiger partial charge in [-0.15, -0.1) is 0 Å². The largest absolute Gasteiger partial charge is 0.323 e. The maximum atomic E-state index is 12.6. The molecule has 0 aromatic carbocycles. The van der Waals surface area contributed by atoms with Crippen LogP contribution < -0.4 is 0 Å². The quantitative estimate of drug-likeness (QED) is 0.779. The van der Waals surface area contributed by atoms with Crippen LogP contribution in [0.5, 0.6) is 0 Å². The van der Waals surface area contributed by atoms with Gasteiger partial charge in [-0.25, -0.2) is 4.79 Å². The Morgan fingerprint density at radius 1 is 1.15 bits per heavy atom. The Labute approximate surface area is 120 Å². The number of carbonyl (C=O) groups is 2. The summed E-state index contributed by atoms with van der Waals surface area (Å²) in [5.74, 6) is 0.813. The number of piperidine rings is 2. The Morgan fingerprint density at radius 2 is 1.85 bits per heavy atom. The Bertz CT molecular complexity index is 404. The number of ketones is 1. The average Bonchev–Trinajstić information content (AvgIpc) is 2.66. The minimum absolute atomic E-state index is 0.0502. The maximum absolute atomic E-state index is 12.6. The van der Waals surface area contributed by atoms with Gasteiger partial charge in [0.2, 0.25) is 0 Å². The van der Waals surface area contributed by atoms with Gasteiger partial charge in [0.05, 0.1) is 12.1 Å². The van der Waals surface area contributed by atoms with Crippen LogP contribution in [0.4, 0.5) is 4.79 Å². The summed E-state index contributed by atoms with van der Waals surface area (Å²) in [7, 11) is 3.99. The number of hydrogen-bond donors (Lipinski definition) is 0. The van der Waals surface area contributed by atoms with Gasteiger partial charge in [0.15, 0.2) is 5.78 Å². The number of urea groups is 1. The minimum Gasteiger partial charge on any atom is -0.323 e. The molecule has 3 saturated heterocycles. The van der Waals surface area contributed by atoms with E-state index >= 15 is 0 Å². The average molecular weight is 279 g/mol. The molecule has 3 aliphatic heterocycles. The monoisotopic (exact) mass is 279 g/mol. The predicted molar refractivity (Wildman–Crippen MR) is 76.5 cm³/mol. The summed E-state index contributed by atoms with van der Waals surface area (Å²) in [4.78, 5) is 30.6. The molecule has 0 radical (unpaired) electrons. The summed E-state index contributed by atoms with van der Waals surface area (Å²) in [6, 6.07) is 0.229. The Hall–Kier alpha value is -1.10. The minimum atomic E-state index is -0.150. The Morgan fingerprint density at radius 3 is 2.55 bits per heavy atom. The fourth-order valence-corrected chi connectivity index (χ4v) is 3.86. The van der Waals surface area contributed by atoms with Crippen molar-refractivity contribution in [3.63, 3.8) is 0 Å². The molecule has 0 aromatic heterocycles. The van der Waals surface area contributed by atoms with Crippen molar-refractivity contribution in [3.05, 3.63) is 0 Å². The number of hydrogen-bond acceptors (Lipinski definition) is 3. The van der Waals surface area contributed by atoms with Crippen molar-refractivity contribution in [1.82, 2.24) is 14.7 Å². The third-order valence-corrected chi connectivity index (χ3v) is 5.35. The van der Waals surface area contributed by atoms with Gasteiger partial charge in [0, 0.05) is 20.0 Å². The lowest BCUT2D eigenvalue weighted by atomic mass is 9.87. The number of amides is 2. The molecule has 2 bridgehead atoms. The van der Waals surface area contributed by atoms with Crippen molar-refractivity contribution in [2.75, 3.05) is 33.7 Å². The molecule has 0 spiro atoms. The molecule has 1 unspecified atom stereocenters. The molecular formula is C15H25N3O2. The highest BCUT2D eigenvalue weighted by Gasteiger charge is 2.45. The van der Waals surface area contributed by atoms with Crippen molar-refractivity contribution in [2.45, 2.75) is 44.2 Å². The van der Waals surface area contributed by atoms with Crippen LogP contribution in [0.25, 0.3) is 0 Å². The van der Waals surface area contributed by atoms with Crippen molar-refractivity contribution in [1.29, 1.82) is 0 Å². The SMILES string of the molecule is CN1CCC(CC(=O)C2CC[C@@H]3CN2C(=O)N3C)CC1. The summed E-state index contributed by atoms with van der Waals surface area (Å²) in [5, 5.41) is 0. The van der Waals surface area contributed by atoms with Crippen LogP contribution in [0, 0.1) is 5.92 Å². The molecule has 0 aliphatic carbocycles. The van der Waals surface area contributed by atoms with Crippen molar-refractivity contribution >= 4 is 11.8 Å². The topological polar surface area (TPSA) is 43.9 Å². The van der Waals surface area contributed by atoms with Crippen LogP contribution >= 0.6 is 0 Å². The molecule has 2 atom stereocenters. The number of likely N-dealkylation sites (tertiary alicyclic amines) is 1. The molecule has 0 N–H and O–H groups in total. The molecule has 3 aliphatic rings.